The number of rotatable bonds is 4. The molecule has 17 heavy (non-hydrogen) atoms. The molecule has 0 aliphatic heterocycles. The van der Waals surface area contributed by atoms with Gasteiger partial charge in [-0.25, -0.2) is 4.79 Å². The lowest BCUT2D eigenvalue weighted by molar-refractivity contribution is 0.0696. The van der Waals surface area contributed by atoms with E-state index in [-0.39, 0.29) is 11.5 Å². The Morgan fingerprint density at radius 2 is 2.12 bits per heavy atom. The summed E-state index contributed by atoms with van der Waals surface area (Å²) in [4.78, 5) is 10.8. The lowest BCUT2D eigenvalue weighted by Gasteiger charge is -2.03. The van der Waals surface area contributed by atoms with Crippen molar-refractivity contribution in [2.75, 3.05) is 7.11 Å². The number of carbonyl (C=O) groups is 1. The van der Waals surface area contributed by atoms with E-state index in [0.717, 1.165) is 0 Å². The van der Waals surface area contributed by atoms with Crippen molar-refractivity contribution in [3.8, 4) is 5.75 Å². The topological polar surface area (TPSA) is 123 Å². The largest absolute Gasteiger partial charge is 0.497 e. The Hall–Kier alpha value is -2.57. The smallest absolute Gasteiger partial charge is 0.335 e. The van der Waals surface area contributed by atoms with E-state index in [1.54, 1.807) is 6.07 Å². The second kappa shape index (κ2) is 5.50. The summed E-state index contributed by atoms with van der Waals surface area (Å²) in [5.41, 5.74) is 10.8. The van der Waals surface area contributed by atoms with Crippen molar-refractivity contribution in [1.82, 2.24) is 0 Å². The molecule has 0 saturated heterocycles. The highest BCUT2D eigenvalue weighted by atomic mass is 16.5. The first-order valence-electron chi connectivity index (χ1n) is 4.57. The fourth-order valence-corrected chi connectivity index (χ4v) is 1.10. The molecule has 7 heteroatoms. The number of aromatic carboxylic acids is 1. The summed E-state index contributed by atoms with van der Waals surface area (Å²) in [7, 11) is 1.44. The van der Waals surface area contributed by atoms with Crippen molar-refractivity contribution < 1.29 is 14.6 Å². The molecule has 0 fully saturated rings. The van der Waals surface area contributed by atoms with Crippen molar-refractivity contribution >= 4 is 18.1 Å². The first kappa shape index (κ1) is 12.5. The quantitative estimate of drug-likeness (QED) is 0.385. The molecule has 0 aromatic heterocycles. The van der Waals surface area contributed by atoms with Crippen molar-refractivity contribution in [1.29, 1.82) is 0 Å². The van der Waals surface area contributed by atoms with E-state index in [0.29, 0.717) is 11.3 Å². The van der Waals surface area contributed by atoms with E-state index in [2.05, 4.69) is 10.2 Å². The van der Waals surface area contributed by atoms with Crippen LogP contribution in [0.25, 0.3) is 0 Å². The molecule has 0 atom stereocenters. The molecule has 1 rings (SSSR count). The van der Waals surface area contributed by atoms with Gasteiger partial charge in [0.2, 0.25) is 5.96 Å². The zero-order chi connectivity index (χ0) is 12.8. The minimum absolute atomic E-state index is 0.0931. The molecule has 0 saturated carbocycles. The third kappa shape index (κ3) is 3.82. The summed E-state index contributed by atoms with van der Waals surface area (Å²) < 4.78 is 4.96. The van der Waals surface area contributed by atoms with Gasteiger partial charge in [-0.15, -0.1) is 5.10 Å². The highest BCUT2D eigenvalue weighted by molar-refractivity contribution is 5.92. The Kier molecular flexibility index (Phi) is 4.04. The van der Waals surface area contributed by atoms with Crippen LogP contribution in [0, 0.1) is 0 Å². The molecule has 5 N–H and O–H groups in total. The minimum atomic E-state index is -1.06. The Balaban J connectivity index is 3.07. The van der Waals surface area contributed by atoms with Gasteiger partial charge in [0.25, 0.3) is 0 Å². The first-order valence-corrected chi connectivity index (χ1v) is 4.57. The van der Waals surface area contributed by atoms with Crippen LogP contribution in [0.3, 0.4) is 0 Å². The predicted octanol–water partition coefficient (Wildman–Crippen LogP) is 0.000700. The number of methoxy groups -OCH3 is 1. The zero-order valence-corrected chi connectivity index (χ0v) is 9.12. The van der Waals surface area contributed by atoms with Crippen LogP contribution in [0.5, 0.6) is 5.75 Å². The molecule has 0 aliphatic carbocycles. The maximum absolute atomic E-state index is 10.8. The van der Waals surface area contributed by atoms with Crippen LogP contribution >= 0.6 is 0 Å². The Morgan fingerprint density at radius 1 is 1.41 bits per heavy atom. The number of benzene rings is 1. The third-order valence-electron chi connectivity index (χ3n) is 1.79. The minimum Gasteiger partial charge on any atom is -0.497 e. The van der Waals surface area contributed by atoms with Gasteiger partial charge in [0.1, 0.15) is 5.75 Å². The summed E-state index contributed by atoms with van der Waals surface area (Å²) in [5.74, 6) is -0.820. The maximum atomic E-state index is 10.8. The zero-order valence-electron chi connectivity index (χ0n) is 9.12. The molecule has 0 radical (unpaired) electrons. The van der Waals surface area contributed by atoms with Crippen LogP contribution in [-0.4, -0.2) is 30.4 Å². The molecule has 0 aliphatic rings. The van der Waals surface area contributed by atoms with E-state index in [1.807, 2.05) is 0 Å². The molecule has 0 amide bonds. The molecule has 7 nitrogen and oxygen atoms in total. The fourth-order valence-electron chi connectivity index (χ4n) is 1.10. The lowest BCUT2D eigenvalue weighted by atomic mass is 10.1. The van der Waals surface area contributed by atoms with E-state index in [4.69, 9.17) is 21.3 Å². The van der Waals surface area contributed by atoms with Crippen LogP contribution < -0.4 is 16.2 Å². The molecule has 1 aromatic carbocycles. The van der Waals surface area contributed by atoms with E-state index in [9.17, 15) is 4.79 Å². The summed E-state index contributed by atoms with van der Waals surface area (Å²) in [6, 6.07) is 4.44. The molecular formula is C10H12N4O3. The molecule has 0 unspecified atom stereocenters. The van der Waals surface area contributed by atoms with Gasteiger partial charge in [-0.2, -0.15) is 5.10 Å². The number of carboxylic acids is 1. The monoisotopic (exact) mass is 236 g/mol. The Labute approximate surface area is 97.4 Å². The average Bonchev–Trinajstić information content (AvgIpc) is 2.28. The number of carboxylic acid groups (broad SMARTS) is 1. The average molecular weight is 236 g/mol. The van der Waals surface area contributed by atoms with Gasteiger partial charge in [0.05, 0.1) is 18.9 Å². The van der Waals surface area contributed by atoms with Crippen LogP contribution in [0.2, 0.25) is 0 Å². The maximum Gasteiger partial charge on any atom is 0.335 e. The Morgan fingerprint density at radius 3 is 2.65 bits per heavy atom. The van der Waals surface area contributed by atoms with Crippen molar-refractivity contribution in [2.24, 2.45) is 21.7 Å². The molecule has 0 bridgehead atoms. The highest BCUT2D eigenvalue weighted by Gasteiger charge is 2.06. The van der Waals surface area contributed by atoms with Gasteiger partial charge in [-0.3, -0.25) is 0 Å². The van der Waals surface area contributed by atoms with E-state index >= 15 is 0 Å². The van der Waals surface area contributed by atoms with Crippen molar-refractivity contribution in [3.05, 3.63) is 29.3 Å². The SMILES string of the molecule is COc1cc(C=NN=C(N)N)cc(C(=O)O)c1. The summed E-state index contributed by atoms with van der Waals surface area (Å²) in [6.07, 6.45) is 1.33. The predicted molar refractivity (Wildman–Crippen MR) is 63.4 cm³/mol. The summed E-state index contributed by atoms with van der Waals surface area (Å²) in [5, 5.41) is 15.9. The number of nitrogens with two attached hydrogens (primary N) is 2. The summed E-state index contributed by atoms with van der Waals surface area (Å²) in [6.45, 7) is 0. The fraction of sp³-hybridized carbons (Fsp3) is 0.100. The highest BCUT2D eigenvalue weighted by Crippen LogP contribution is 2.16. The Bertz CT molecular complexity index is 478. The molecular weight excluding hydrogens is 224 g/mol. The van der Waals surface area contributed by atoms with Crippen LogP contribution in [0.1, 0.15) is 15.9 Å². The molecule has 0 spiro atoms. The van der Waals surface area contributed by atoms with E-state index in [1.165, 1.54) is 25.5 Å². The number of hydrogen-bond donors (Lipinski definition) is 3. The van der Waals surface area contributed by atoms with Gasteiger partial charge in [-0.05, 0) is 23.8 Å². The van der Waals surface area contributed by atoms with Crippen molar-refractivity contribution in [3.63, 3.8) is 0 Å². The molecule has 90 valence electrons. The van der Waals surface area contributed by atoms with Gasteiger partial charge in [0, 0.05) is 0 Å². The van der Waals surface area contributed by atoms with Crippen LogP contribution in [0.15, 0.2) is 28.4 Å². The number of guanidine groups is 1. The number of ether oxygens (including phenoxy) is 1. The summed E-state index contributed by atoms with van der Waals surface area (Å²) >= 11 is 0. The number of nitrogens with zero attached hydrogens (tertiary/aromatic N) is 2. The van der Waals surface area contributed by atoms with Crippen molar-refractivity contribution in [2.45, 2.75) is 0 Å². The first-order chi connectivity index (χ1) is 8.02. The second-order valence-electron chi connectivity index (χ2n) is 3.07. The van der Waals surface area contributed by atoms with Crippen LogP contribution in [0.4, 0.5) is 0 Å². The van der Waals surface area contributed by atoms with Gasteiger partial charge >= 0.3 is 5.97 Å². The second-order valence-corrected chi connectivity index (χ2v) is 3.07. The standard InChI is InChI=1S/C10H12N4O3/c1-17-8-3-6(5-13-14-10(11)12)2-7(4-8)9(15)16/h2-5H,1H3,(H,15,16)(H4,11,12,14). The molecule has 0 heterocycles. The van der Waals surface area contributed by atoms with E-state index < -0.39 is 5.97 Å². The van der Waals surface area contributed by atoms with Gasteiger partial charge in [-0.1, -0.05) is 0 Å². The third-order valence-corrected chi connectivity index (χ3v) is 1.79. The van der Waals surface area contributed by atoms with Gasteiger partial charge in [0.15, 0.2) is 0 Å². The number of hydrogen-bond acceptors (Lipinski definition) is 4. The van der Waals surface area contributed by atoms with Crippen LogP contribution in [-0.2, 0) is 0 Å². The lowest BCUT2D eigenvalue weighted by Crippen LogP contribution is -2.21. The normalized spacial score (nSPS) is 10.2. The van der Waals surface area contributed by atoms with Gasteiger partial charge < -0.3 is 21.3 Å². The molecule has 1 aromatic rings.